The van der Waals surface area contributed by atoms with E-state index in [1.807, 2.05) is 0 Å². The van der Waals surface area contributed by atoms with E-state index in [1.165, 1.54) is 70.6 Å². The Bertz CT molecular complexity index is 264. The SMILES string of the molecule is [CH2-]COC(=O)CCCCCCC/C=C\CCCCCCCC.[Na+]. The van der Waals surface area contributed by atoms with Crippen molar-refractivity contribution in [3.63, 3.8) is 0 Å². The Morgan fingerprint density at radius 2 is 1.30 bits per heavy atom. The van der Waals surface area contributed by atoms with Crippen LogP contribution in [0.15, 0.2) is 12.2 Å². The number of carbonyl (C=O) groups excluding carboxylic acids is 1. The molecule has 0 aromatic carbocycles. The van der Waals surface area contributed by atoms with Crippen LogP contribution < -0.4 is 29.6 Å². The first-order chi connectivity index (χ1) is 10.8. The Kier molecular flexibility index (Phi) is 24.6. The van der Waals surface area contributed by atoms with Crippen LogP contribution in [-0.2, 0) is 9.53 Å². The normalized spacial score (nSPS) is 10.7. The summed E-state index contributed by atoms with van der Waals surface area (Å²) in [5.74, 6) is -0.104. The van der Waals surface area contributed by atoms with E-state index in [1.54, 1.807) is 0 Å². The van der Waals surface area contributed by atoms with Crippen LogP contribution in [0.25, 0.3) is 0 Å². The minimum absolute atomic E-state index is 0. The van der Waals surface area contributed by atoms with Crippen molar-refractivity contribution in [3.05, 3.63) is 19.1 Å². The van der Waals surface area contributed by atoms with E-state index in [4.69, 9.17) is 4.74 Å². The van der Waals surface area contributed by atoms with Crippen LogP contribution in [0.4, 0.5) is 0 Å². The van der Waals surface area contributed by atoms with Crippen LogP contribution in [0.2, 0.25) is 0 Å². The van der Waals surface area contributed by atoms with Crippen molar-refractivity contribution >= 4 is 5.97 Å². The summed E-state index contributed by atoms with van der Waals surface area (Å²) in [4.78, 5) is 11.1. The van der Waals surface area contributed by atoms with Crippen LogP contribution in [0.5, 0.6) is 0 Å². The Labute approximate surface area is 167 Å². The van der Waals surface area contributed by atoms with Crippen LogP contribution in [0.1, 0.15) is 96.8 Å². The number of carbonyl (C=O) groups is 1. The standard InChI is InChI=1S/C20H37O2.Na/c1-3-5-6-7-8-9-10-11-12-13-14-15-16-17-18-19-20(21)22-4-2;/h11-12H,2-10,13-19H2,1H3;/q-1;+1/b12-11-;. The molecule has 2 nitrogen and oxygen atoms in total. The monoisotopic (exact) mass is 332 g/mol. The number of hydrogen-bond acceptors (Lipinski definition) is 2. The summed E-state index contributed by atoms with van der Waals surface area (Å²) in [5, 5.41) is 0. The molecule has 0 aliphatic heterocycles. The average Bonchev–Trinajstić information content (AvgIpc) is 2.51. The van der Waals surface area contributed by atoms with Gasteiger partial charge in [0, 0.05) is 6.42 Å². The molecule has 0 rings (SSSR count). The van der Waals surface area contributed by atoms with Crippen LogP contribution >= 0.6 is 0 Å². The summed E-state index contributed by atoms with van der Waals surface area (Å²) >= 11 is 0. The predicted octanol–water partition coefficient (Wildman–Crippen LogP) is 3.41. The van der Waals surface area contributed by atoms with Gasteiger partial charge in [-0.3, -0.25) is 4.79 Å². The second-order valence-electron chi connectivity index (χ2n) is 6.05. The van der Waals surface area contributed by atoms with Gasteiger partial charge in [0.05, 0.1) is 0 Å². The first-order valence-electron chi connectivity index (χ1n) is 9.41. The molecule has 23 heavy (non-hydrogen) atoms. The summed E-state index contributed by atoms with van der Waals surface area (Å²) in [7, 11) is 0. The van der Waals surface area contributed by atoms with Crippen molar-refractivity contribution in [2.24, 2.45) is 0 Å². The van der Waals surface area contributed by atoms with Gasteiger partial charge in [-0.2, -0.15) is 0 Å². The molecule has 0 aromatic heterocycles. The molecule has 0 saturated carbocycles. The molecule has 0 atom stereocenters. The minimum atomic E-state index is -0.104. The predicted molar refractivity (Wildman–Crippen MR) is 95.8 cm³/mol. The molecule has 0 fully saturated rings. The topological polar surface area (TPSA) is 26.3 Å². The molecule has 0 bridgehead atoms. The number of esters is 1. The van der Waals surface area contributed by atoms with Crippen molar-refractivity contribution in [3.8, 4) is 0 Å². The number of unbranched alkanes of at least 4 members (excludes halogenated alkanes) is 11. The molecule has 130 valence electrons. The maximum Gasteiger partial charge on any atom is 1.00 e. The number of hydrogen-bond donors (Lipinski definition) is 0. The van der Waals surface area contributed by atoms with Gasteiger partial charge in [0.15, 0.2) is 0 Å². The number of allylic oxidation sites excluding steroid dienone is 2. The molecular weight excluding hydrogens is 295 g/mol. The summed E-state index contributed by atoms with van der Waals surface area (Å²) in [6.45, 7) is 6.02. The first-order valence-corrected chi connectivity index (χ1v) is 9.41. The van der Waals surface area contributed by atoms with Crippen molar-refractivity contribution in [2.45, 2.75) is 96.8 Å². The van der Waals surface area contributed by atoms with E-state index in [9.17, 15) is 4.79 Å². The van der Waals surface area contributed by atoms with E-state index in [2.05, 4.69) is 26.0 Å². The van der Waals surface area contributed by atoms with Crippen molar-refractivity contribution < 1.29 is 39.1 Å². The molecule has 0 unspecified atom stereocenters. The van der Waals surface area contributed by atoms with Gasteiger partial charge >= 0.3 is 35.5 Å². The fraction of sp³-hybridized carbons (Fsp3) is 0.800. The fourth-order valence-electron chi connectivity index (χ4n) is 2.53. The van der Waals surface area contributed by atoms with Gasteiger partial charge in [0.25, 0.3) is 0 Å². The third-order valence-electron chi connectivity index (χ3n) is 3.91. The Morgan fingerprint density at radius 3 is 1.83 bits per heavy atom. The second-order valence-corrected chi connectivity index (χ2v) is 6.05. The zero-order valence-corrected chi connectivity index (χ0v) is 17.8. The molecule has 0 amide bonds. The van der Waals surface area contributed by atoms with Gasteiger partial charge in [0.2, 0.25) is 0 Å². The van der Waals surface area contributed by atoms with Gasteiger partial charge in [0.1, 0.15) is 0 Å². The van der Waals surface area contributed by atoms with Gasteiger partial charge in [-0.15, -0.1) is 0 Å². The van der Waals surface area contributed by atoms with Gasteiger partial charge < -0.3 is 11.7 Å². The van der Waals surface area contributed by atoms with Gasteiger partial charge in [-0.25, -0.2) is 0 Å². The maximum atomic E-state index is 11.1. The smallest absolute Gasteiger partial charge is 0.499 e. The Balaban J connectivity index is 0. The van der Waals surface area contributed by atoms with Crippen molar-refractivity contribution in [1.29, 1.82) is 0 Å². The number of rotatable bonds is 16. The Morgan fingerprint density at radius 1 is 0.826 bits per heavy atom. The van der Waals surface area contributed by atoms with E-state index >= 15 is 0 Å². The molecular formula is C20H37NaO2. The third-order valence-corrected chi connectivity index (χ3v) is 3.91. The van der Waals surface area contributed by atoms with E-state index in [-0.39, 0.29) is 42.1 Å². The maximum absolute atomic E-state index is 11.1. The first kappa shape index (κ1) is 25.5. The quantitative estimate of drug-likeness (QED) is 0.142. The van der Waals surface area contributed by atoms with E-state index in [0.717, 1.165) is 12.8 Å². The molecule has 0 saturated heterocycles. The van der Waals surface area contributed by atoms with Crippen LogP contribution in [0.3, 0.4) is 0 Å². The van der Waals surface area contributed by atoms with E-state index < -0.39 is 0 Å². The Hall–Kier alpha value is 0.210. The summed E-state index contributed by atoms with van der Waals surface area (Å²) < 4.78 is 4.80. The summed E-state index contributed by atoms with van der Waals surface area (Å²) in [6.07, 6.45) is 21.8. The minimum Gasteiger partial charge on any atom is -0.499 e. The van der Waals surface area contributed by atoms with E-state index in [0.29, 0.717) is 6.42 Å². The largest absolute Gasteiger partial charge is 1.00 e. The summed E-state index contributed by atoms with van der Waals surface area (Å²) in [5.41, 5.74) is 0. The zero-order chi connectivity index (χ0) is 16.3. The second kappa shape index (κ2) is 22.2. The van der Waals surface area contributed by atoms with Gasteiger partial charge in [-0.1, -0.05) is 70.4 Å². The van der Waals surface area contributed by atoms with Crippen molar-refractivity contribution in [1.82, 2.24) is 0 Å². The zero-order valence-electron chi connectivity index (χ0n) is 15.8. The number of ether oxygens (including phenoxy) is 1. The van der Waals surface area contributed by atoms with Crippen LogP contribution in [0, 0.1) is 6.92 Å². The molecule has 0 N–H and O–H groups in total. The van der Waals surface area contributed by atoms with Crippen LogP contribution in [-0.4, -0.2) is 12.6 Å². The third kappa shape index (κ3) is 22.2. The molecule has 0 heterocycles. The summed E-state index contributed by atoms with van der Waals surface area (Å²) in [6, 6.07) is 0. The fourth-order valence-corrected chi connectivity index (χ4v) is 2.53. The van der Waals surface area contributed by atoms with Gasteiger partial charge in [-0.05, 0) is 38.7 Å². The molecule has 0 aromatic rings. The van der Waals surface area contributed by atoms with Crippen molar-refractivity contribution in [2.75, 3.05) is 6.61 Å². The molecule has 0 aliphatic rings. The average molecular weight is 333 g/mol. The molecule has 3 heteroatoms. The molecule has 0 aliphatic carbocycles. The molecule has 0 spiro atoms. The molecule has 0 radical (unpaired) electrons.